The summed E-state index contributed by atoms with van der Waals surface area (Å²) >= 11 is 0. The SMILES string of the molecule is CCCCCOP(=O)(OCCCCC)C1(NS(=O)(=O)c2ccccc2)C=C(S(=O)(=O)c2ccc(C)cc2)C(=O)c2ccccc21. The Kier molecular flexibility index (Phi) is 11.4. The minimum atomic E-state index is -4.67. The van der Waals surface area contributed by atoms with Gasteiger partial charge in [0.05, 0.1) is 23.0 Å². The van der Waals surface area contributed by atoms with Crippen LogP contribution >= 0.6 is 7.60 Å². The minimum Gasteiger partial charge on any atom is -0.307 e. The van der Waals surface area contributed by atoms with Crippen LogP contribution in [0.3, 0.4) is 0 Å². The summed E-state index contributed by atoms with van der Waals surface area (Å²) in [6.45, 7) is 5.69. The number of carbonyl (C=O) groups excluding carboxylic acids is 1. The monoisotopic (exact) mass is 673 g/mol. The Morgan fingerprint density at radius 1 is 0.733 bits per heavy atom. The average Bonchev–Trinajstić information content (AvgIpc) is 3.03. The van der Waals surface area contributed by atoms with Crippen LogP contribution in [0.15, 0.2) is 99.6 Å². The predicted octanol–water partition coefficient (Wildman–Crippen LogP) is 7.29. The number of benzene rings is 3. The van der Waals surface area contributed by atoms with Crippen LogP contribution in [-0.2, 0) is 38.8 Å². The molecule has 1 aliphatic carbocycles. The molecule has 3 aromatic rings. The van der Waals surface area contributed by atoms with Gasteiger partial charge in [0.15, 0.2) is 5.28 Å². The molecule has 0 aromatic heterocycles. The summed E-state index contributed by atoms with van der Waals surface area (Å²) in [6.07, 6.45) is 5.11. The molecule has 242 valence electrons. The van der Waals surface area contributed by atoms with Gasteiger partial charge in [-0.15, -0.1) is 0 Å². The number of sulfonamides is 1. The van der Waals surface area contributed by atoms with Crippen molar-refractivity contribution >= 4 is 33.2 Å². The summed E-state index contributed by atoms with van der Waals surface area (Å²) in [4.78, 5) is 12.9. The van der Waals surface area contributed by atoms with Crippen molar-refractivity contribution in [3.63, 3.8) is 0 Å². The van der Waals surface area contributed by atoms with E-state index in [1.807, 2.05) is 13.8 Å². The van der Waals surface area contributed by atoms with Crippen molar-refractivity contribution in [1.82, 2.24) is 4.72 Å². The van der Waals surface area contributed by atoms with E-state index in [1.54, 1.807) is 31.2 Å². The molecule has 1 N–H and O–H groups in total. The molecule has 3 aromatic carbocycles. The Labute approximate surface area is 266 Å². The fraction of sp³-hybridized carbons (Fsp3) is 0.364. The zero-order chi connectivity index (χ0) is 32.7. The molecule has 0 amide bonds. The molecule has 1 aliphatic rings. The Bertz CT molecular complexity index is 1770. The minimum absolute atomic E-state index is 0.0216. The first-order chi connectivity index (χ1) is 21.4. The summed E-state index contributed by atoms with van der Waals surface area (Å²) in [7, 11) is -13.7. The lowest BCUT2D eigenvalue weighted by atomic mass is 9.92. The highest BCUT2D eigenvalue weighted by Crippen LogP contribution is 2.67. The number of unbranched alkanes of at least 4 members (excludes halogenated alkanes) is 4. The first-order valence-electron chi connectivity index (χ1n) is 15.1. The lowest BCUT2D eigenvalue weighted by Crippen LogP contribution is -2.48. The molecule has 0 fully saturated rings. The molecule has 4 rings (SSSR count). The number of allylic oxidation sites excluding steroid dienone is 1. The van der Waals surface area contributed by atoms with Crippen molar-refractivity contribution in [2.24, 2.45) is 0 Å². The third-order valence-electron chi connectivity index (χ3n) is 7.56. The van der Waals surface area contributed by atoms with Crippen LogP contribution in [0.4, 0.5) is 0 Å². The summed E-state index contributed by atoms with van der Waals surface area (Å²) in [5.74, 6) is -0.857. The second-order valence-electron chi connectivity index (χ2n) is 11.0. The highest BCUT2D eigenvalue weighted by atomic mass is 32.2. The normalized spacial score (nSPS) is 17.1. The number of aryl methyl sites for hydroxylation is 1. The lowest BCUT2D eigenvalue weighted by molar-refractivity contribution is 0.103. The van der Waals surface area contributed by atoms with Crippen molar-refractivity contribution in [2.75, 3.05) is 13.2 Å². The predicted molar refractivity (Wildman–Crippen MR) is 174 cm³/mol. The quantitative estimate of drug-likeness (QED) is 0.124. The van der Waals surface area contributed by atoms with E-state index in [9.17, 15) is 21.6 Å². The van der Waals surface area contributed by atoms with Gasteiger partial charge in [0.2, 0.25) is 25.6 Å². The fourth-order valence-corrected chi connectivity index (χ4v) is 10.6. The van der Waals surface area contributed by atoms with E-state index in [0.717, 1.165) is 37.3 Å². The molecule has 0 saturated carbocycles. The largest absolute Gasteiger partial charge is 0.360 e. The van der Waals surface area contributed by atoms with Crippen LogP contribution in [0.2, 0.25) is 0 Å². The third kappa shape index (κ3) is 7.40. The van der Waals surface area contributed by atoms with Gasteiger partial charge < -0.3 is 9.05 Å². The number of fused-ring (bicyclic) bond motifs is 1. The van der Waals surface area contributed by atoms with Gasteiger partial charge in [-0.25, -0.2) is 16.8 Å². The number of nitrogens with one attached hydrogen (secondary N) is 1. The van der Waals surface area contributed by atoms with Crippen LogP contribution in [0, 0.1) is 6.92 Å². The van der Waals surface area contributed by atoms with Crippen molar-refractivity contribution in [3.8, 4) is 0 Å². The van der Waals surface area contributed by atoms with Gasteiger partial charge in [-0.1, -0.05) is 99.7 Å². The van der Waals surface area contributed by atoms with Crippen LogP contribution in [0.25, 0.3) is 0 Å². The zero-order valence-corrected chi connectivity index (χ0v) is 28.3. The molecule has 9 nitrogen and oxygen atoms in total. The molecule has 0 aliphatic heterocycles. The summed E-state index contributed by atoms with van der Waals surface area (Å²) in [6, 6.07) is 19.3. The number of carbonyl (C=O) groups is 1. The molecule has 0 saturated heterocycles. The smallest absolute Gasteiger partial charge is 0.307 e. The fourth-order valence-electron chi connectivity index (χ4n) is 5.07. The van der Waals surface area contributed by atoms with Crippen molar-refractivity contribution in [3.05, 3.63) is 107 Å². The Hall–Kier alpha value is -2.92. The Morgan fingerprint density at radius 3 is 1.87 bits per heavy atom. The van der Waals surface area contributed by atoms with E-state index in [1.165, 1.54) is 54.6 Å². The molecule has 0 bridgehead atoms. The summed E-state index contributed by atoms with van der Waals surface area (Å²) in [5.41, 5.74) is 0.654. The number of Topliss-reactive ketones (excluding diaryl/α,β-unsaturated/α-hetero) is 1. The number of sulfone groups is 1. The van der Waals surface area contributed by atoms with Gasteiger partial charge in [-0.2, -0.15) is 4.72 Å². The van der Waals surface area contributed by atoms with Gasteiger partial charge in [0.25, 0.3) is 0 Å². The Balaban J connectivity index is 2.05. The topological polar surface area (TPSA) is 133 Å². The lowest BCUT2D eigenvalue weighted by Gasteiger charge is -2.40. The second-order valence-corrected chi connectivity index (χ2v) is 16.8. The molecule has 0 spiro atoms. The van der Waals surface area contributed by atoms with E-state index in [4.69, 9.17) is 9.05 Å². The number of ketones is 1. The first kappa shape index (κ1) is 34.9. The summed E-state index contributed by atoms with van der Waals surface area (Å²) < 4.78 is 86.4. The number of hydrogen-bond acceptors (Lipinski definition) is 8. The molecular weight excluding hydrogens is 633 g/mol. The van der Waals surface area contributed by atoms with Crippen molar-refractivity contribution in [1.29, 1.82) is 0 Å². The average molecular weight is 674 g/mol. The van der Waals surface area contributed by atoms with Gasteiger partial charge in [0, 0.05) is 11.1 Å². The van der Waals surface area contributed by atoms with Crippen LogP contribution in [-0.4, -0.2) is 35.8 Å². The van der Waals surface area contributed by atoms with E-state index in [0.29, 0.717) is 12.8 Å². The Morgan fingerprint density at radius 2 is 1.29 bits per heavy atom. The number of hydrogen-bond donors (Lipinski definition) is 1. The first-order valence-corrected chi connectivity index (χ1v) is 19.6. The number of rotatable bonds is 16. The van der Waals surface area contributed by atoms with Crippen LogP contribution < -0.4 is 4.72 Å². The molecular formula is C33H40NO8PS2. The van der Waals surface area contributed by atoms with Gasteiger partial charge in [-0.3, -0.25) is 9.36 Å². The van der Waals surface area contributed by atoms with E-state index in [2.05, 4.69) is 4.72 Å². The van der Waals surface area contributed by atoms with E-state index in [-0.39, 0.29) is 34.1 Å². The highest BCUT2D eigenvalue weighted by molar-refractivity contribution is 7.96. The highest BCUT2D eigenvalue weighted by Gasteiger charge is 2.58. The maximum Gasteiger partial charge on any atom is 0.360 e. The molecule has 45 heavy (non-hydrogen) atoms. The van der Waals surface area contributed by atoms with Crippen LogP contribution in [0.1, 0.15) is 73.9 Å². The zero-order valence-electron chi connectivity index (χ0n) is 25.8. The third-order valence-corrected chi connectivity index (χ3v) is 13.4. The maximum absolute atomic E-state index is 15.3. The van der Waals surface area contributed by atoms with Crippen molar-refractivity contribution < 1.29 is 35.2 Å². The van der Waals surface area contributed by atoms with E-state index < -0.39 is 43.4 Å². The summed E-state index contributed by atoms with van der Waals surface area (Å²) in [5, 5.41) is -2.41. The van der Waals surface area contributed by atoms with Gasteiger partial charge in [0.1, 0.15) is 4.91 Å². The van der Waals surface area contributed by atoms with Gasteiger partial charge in [-0.05, 0) is 50.1 Å². The molecule has 1 atom stereocenters. The van der Waals surface area contributed by atoms with Gasteiger partial charge >= 0.3 is 7.60 Å². The molecule has 1 unspecified atom stereocenters. The maximum atomic E-state index is 15.3. The molecule has 0 heterocycles. The molecule has 12 heteroatoms. The standard InChI is InChI=1S/C33H40NO8PS2/c1-4-6-13-23-41-43(36,42-24-14-7-5-2)33(34-45(39,40)28-15-9-8-10-16-28)25-31(32(35)29-17-11-12-18-30(29)33)44(37,38)27-21-19-26(3)20-22-27/h8-12,15-22,25,34H,4-7,13-14,23-24H2,1-3H3. The van der Waals surface area contributed by atoms with E-state index >= 15 is 4.57 Å². The van der Waals surface area contributed by atoms with Crippen molar-refractivity contribution in [2.45, 2.75) is 74.4 Å². The van der Waals surface area contributed by atoms with Crippen LogP contribution in [0.5, 0.6) is 0 Å². The second kappa shape index (κ2) is 14.7. The molecule has 0 radical (unpaired) electrons.